The van der Waals surface area contributed by atoms with Crippen LogP contribution in [0.1, 0.15) is 39.5 Å². The van der Waals surface area contributed by atoms with Crippen molar-refractivity contribution in [2.75, 3.05) is 0 Å². The van der Waals surface area contributed by atoms with Crippen molar-refractivity contribution in [2.45, 2.75) is 39.5 Å². The fourth-order valence-electron chi connectivity index (χ4n) is 1.74. The van der Waals surface area contributed by atoms with E-state index in [-0.39, 0.29) is 0 Å². The lowest BCUT2D eigenvalue weighted by Gasteiger charge is -2.22. The van der Waals surface area contributed by atoms with Crippen LogP contribution in [0.5, 0.6) is 0 Å². The van der Waals surface area contributed by atoms with Crippen LogP contribution in [0.4, 0.5) is 0 Å². The average Bonchev–Trinajstić information content (AvgIpc) is 1.91. The van der Waals surface area contributed by atoms with Gasteiger partial charge in [0.1, 0.15) is 6.79 Å². The van der Waals surface area contributed by atoms with E-state index < -0.39 is 0 Å². The SMILES string of the molecule is C=O.CC1CCCC(C)C1. The molecule has 1 heteroatoms. The Hall–Kier alpha value is -0.330. The molecule has 1 nitrogen and oxygen atoms in total. The average molecular weight is 142 g/mol. The van der Waals surface area contributed by atoms with Gasteiger partial charge in [-0.1, -0.05) is 33.1 Å². The zero-order chi connectivity index (χ0) is 7.98. The first-order chi connectivity index (χ1) is 4.79. The predicted molar refractivity (Wildman–Crippen MR) is 43.9 cm³/mol. The van der Waals surface area contributed by atoms with Gasteiger partial charge in [-0.3, -0.25) is 0 Å². The van der Waals surface area contributed by atoms with Crippen LogP contribution in [0, 0.1) is 11.8 Å². The fraction of sp³-hybridized carbons (Fsp3) is 0.889. The molecule has 0 radical (unpaired) electrons. The van der Waals surface area contributed by atoms with Crippen molar-refractivity contribution >= 4 is 6.79 Å². The summed E-state index contributed by atoms with van der Waals surface area (Å²) in [5.74, 6) is 2.03. The highest BCUT2D eigenvalue weighted by Crippen LogP contribution is 2.27. The Bertz CT molecular complexity index is 72.8. The highest BCUT2D eigenvalue weighted by molar-refractivity contribution is 5.10. The largest absolute Gasteiger partial charge is 0.307 e. The summed E-state index contributed by atoms with van der Waals surface area (Å²) >= 11 is 0. The van der Waals surface area contributed by atoms with Crippen LogP contribution in [0.3, 0.4) is 0 Å². The normalized spacial score (nSPS) is 32.2. The van der Waals surface area contributed by atoms with Gasteiger partial charge in [0.15, 0.2) is 0 Å². The maximum absolute atomic E-state index is 8.00. The highest BCUT2D eigenvalue weighted by Gasteiger charge is 2.13. The molecule has 2 unspecified atom stereocenters. The topological polar surface area (TPSA) is 17.1 Å². The minimum atomic E-state index is 1.01. The molecule has 0 amide bonds. The van der Waals surface area contributed by atoms with E-state index in [9.17, 15) is 0 Å². The van der Waals surface area contributed by atoms with Crippen molar-refractivity contribution in [2.24, 2.45) is 11.8 Å². The molecule has 10 heavy (non-hydrogen) atoms. The van der Waals surface area contributed by atoms with Gasteiger partial charge in [0, 0.05) is 0 Å². The van der Waals surface area contributed by atoms with Crippen molar-refractivity contribution in [1.29, 1.82) is 0 Å². The van der Waals surface area contributed by atoms with Crippen LogP contribution in [0.25, 0.3) is 0 Å². The zero-order valence-electron chi connectivity index (χ0n) is 7.10. The molecule has 0 N–H and O–H groups in total. The van der Waals surface area contributed by atoms with Crippen molar-refractivity contribution in [3.63, 3.8) is 0 Å². The van der Waals surface area contributed by atoms with E-state index >= 15 is 0 Å². The quantitative estimate of drug-likeness (QED) is 0.508. The van der Waals surface area contributed by atoms with Crippen LogP contribution < -0.4 is 0 Å². The molecular weight excluding hydrogens is 124 g/mol. The number of carbonyl (C=O) groups excluding carboxylic acids is 1. The summed E-state index contributed by atoms with van der Waals surface area (Å²) < 4.78 is 0. The molecule has 1 saturated carbocycles. The van der Waals surface area contributed by atoms with Gasteiger partial charge in [-0.25, -0.2) is 0 Å². The van der Waals surface area contributed by atoms with Gasteiger partial charge in [0.25, 0.3) is 0 Å². The summed E-state index contributed by atoms with van der Waals surface area (Å²) in [4.78, 5) is 8.00. The monoisotopic (exact) mass is 142 g/mol. The second-order valence-electron chi connectivity index (χ2n) is 3.38. The predicted octanol–water partition coefficient (Wildman–Crippen LogP) is 2.65. The van der Waals surface area contributed by atoms with Crippen LogP contribution >= 0.6 is 0 Å². The van der Waals surface area contributed by atoms with E-state index in [1.54, 1.807) is 0 Å². The van der Waals surface area contributed by atoms with Crippen molar-refractivity contribution in [1.82, 2.24) is 0 Å². The Balaban J connectivity index is 0.000000371. The number of hydrogen-bond donors (Lipinski definition) is 0. The maximum Gasteiger partial charge on any atom is 0.106 e. The molecule has 0 saturated heterocycles. The Labute approximate surface area is 63.8 Å². The first-order valence-electron chi connectivity index (χ1n) is 4.08. The summed E-state index contributed by atoms with van der Waals surface area (Å²) in [6.45, 7) is 6.74. The third-order valence-corrected chi connectivity index (χ3v) is 2.20. The zero-order valence-corrected chi connectivity index (χ0v) is 7.10. The summed E-state index contributed by atoms with van der Waals surface area (Å²) in [6, 6.07) is 0. The van der Waals surface area contributed by atoms with Crippen LogP contribution in [-0.2, 0) is 4.79 Å². The molecular formula is C9H18O. The molecule has 1 aliphatic carbocycles. The molecule has 1 aliphatic rings. The third-order valence-electron chi connectivity index (χ3n) is 2.20. The highest BCUT2D eigenvalue weighted by atomic mass is 16.1. The van der Waals surface area contributed by atoms with Gasteiger partial charge in [-0.2, -0.15) is 0 Å². The summed E-state index contributed by atoms with van der Waals surface area (Å²) in [6.07, 6.45) is 5.90. The lowest BCUT2D eigenvalue weighted by molar-refractivity contribution is -0.0979. The smallest absolute Gasteiger partial charge is 0.106 e. The molecule has 0 aliphatic heterocycles. The van der Waals surface area contributed by atoms with Crippen molar-refractivity contribution < 1.29 is 4.79 Å². The van der Waals surface area contributed by atoms with Crippen LogP contribution in [-0.4, -0.2) is 6.79 Å². The minimum Gasteiger partial charge on any atom is -0.307 e. The summed E-state index contributed by atoms with van der Waals surface area (Å²) in [5.41, 5.74) is 0. The molecule has 1 rings (SSSR count). The van der Waals surface area contributed by atoms with Crippen LogP contribution in [0.2, 0.25) is 0 Å². The van der Waals surface area contributed by atoms with Gasteiger partial charge >= 0.3 is 0 Å². The molecule has 0 aromatic heterocycles. The van der Waals surface area contributed by atoms with Crippen molar-refractivity contribution in [3.05, 3.63) is 0 Å². The van der Waals surface area contributed by atoms with E-state index in [2.05, 4.69) is 13.8 Å². The van der Waals surface area contributed by atoms with Gasteiger partial charge < -0.3 is 4.79 Å². The first-order valence-corrected chi connectivity index (χ1v) is 4.08. The second-order valence-corrected chi connectivity index (χ2v) is 3.38. The molecule has 60 valence electrons. The number of hydrogen-bond acceptors (Lipinski definition) is 1. The Kier molecular flexibility index (Phi) is 5.27. The molecule has 0 heterocycles. The maximum atomic E-state index is 8.00. The van der Waals surface area contributed by atoms with E-state index in [1.165, 1.54) is 25.7 Å². The van der Waals surface area contributed by atoms with E-state index in [0.717, 1.165) is 11.8 Å². The van der Waals surface area contributed by atoms with E-state index in [4.69, 9.17) is 4.79 Å². The first kappa shape index (κ1) is 9.67. The Morgan fingerprint density at radius 2 is 1.50 bits per heavy atom. The van der Waals surface area contributed by atoms with Gasteiger partial charge in [-0.15, -0.1) is 0 Å². The van der Waals surface area contributed by atoms with Gasteiger partial charge in [-0.05, 0) is 18.3 Å². The standard InChI is InChI=1S/C8H16.CH2O/c1-7-4-3-5-8(2)6-7;1-2/h7-8H,3-6H2,1-2H3;1H2. The minimum absolute atomic E-state index is 1.01. The molecule has 0 aromatic rings. The third kappa shape index (κ3) is 3.65. The second kappa shape index (κ2) is 5.45. The Morgan fingerprint density at radius 3 is 1.70 bits per heavy atom. The van der Waals surface area contributed by atoms with Crippen molar-refractivity contribution in [3.8, 4) is 0 Å². The Morgan fingerprint density at radius 1 is 1.10 bits per heavy atom. The lowest BCUT2D eigenvalue weighted by Crippen LogP contribution is -2.09. The molecule has 0 spiro atoms. The summed E-state index contributed by atoms with van der Waals surface area (Å²) in [5, 5.41) is 0. The molecule has 1 fully saturated rings. The van der Waals surface area contributed by atoms with Gasteiger partial charge in [0.05, 0.1) is 0 Å². The van der Waals surface area contributed by atoms with E-state index in [1.807, 2.05) is 6.79 Å². The number of carbonyl (C=O) groups is 1. The lowest BCUT2D eigenvalue weighted by atomic mass is 9.84. The molecule has 2 atom stereocenters. The van der Waals surface area contributed by atoms with E-state index in [0.29, 0.717) is 0 Å². The van der Waals surface area contributed by atoms with Crippen LogP contribution in [0.15, 0.2) is 0 Å². The van der Waals surface area contributed by atoms with Gasteiger partial charge in [0.2, 0.25) is 0 Å². The molecule has 0 aromatic carbocycles. The summed E-state index contributed by atoms with van der Waals surface area (Å²) in [7, 11) is 0. The molecule has 0 bridgehead atoms. The fourth-order valence-corrected chi connectivity index (χ4v) is 1.74. The number of rotatable bonds is 0.